The highest BCUT2D eigenvalue weighted by molar-refractivity contribution is 6.44. The second kappa shape index (κ2) is 14.1. The Balaban J connectivity index is 1.26. The molecule has 15 nitrogen and oxygen atoms in total. The van der Waals surface area contributed by atoms with Crippen LogP contribution in [-0.2, 0) is 28.7 Å². The van der Waals surface area contributed by atoms with Crippen LogP contribution in [0.3, 0.4) is 0 Å². The van der Waals surface area contributed by atoms with E-state index < -0.39 is 35.7 Å². The molecule has 3 aliphatic heterocycles. The van der Waals surface area contributed by atoms with Crippen LogP contribution in [0.5, 0.6) is 5.75 Å². The number of nitrogens with one attached hydrogen (secondary N) is 1. The molecule has 0 bridgehead atoms. The van der Waals surface area contributed by atoms with E-state index in [0.29, 0.717) is 22.7 Å². The number of fused-ring (bicyclic) bond motifs is 2. The number of halogens is 4. The number of rotatable bonds is 7. The van der Waals surface area contributed by atoms with Crippen molar-refractivity contribution in [2.24, 2.45) is 4.99 Å². The summed E-state index contributed by atoms with van der Waals surface area (Å²) in [5, 5.41) is 17.6. The highest BCUT2D eigenvalue weighted by Crippen LogP contribution is 2.43. The SMILES string of the molecule is CCc1c(N2CCN(C(=O)C3=NCN(C)C(C)=C3O)CC2)c(=O)n2nc(-c3cccc4c3OC(C)N4C)nc2n1CC(=O)Nc1ccc(C(F)(F)F)cc1Cl. The molecule has 1 atom stereocenters. The number of carbonyl (C=O) groups is 2. The smallest absolute Gasteiger partial charge is 0.416 e. The van der Waals surface area contributed by atoms with Gasteiger partial charge in [0, 0.05) is 40.3 Å². The van der Waals surface area contributed by atoms with Crippen molar-refractivity contribution in [3.8, 4) is 17.1 Å². The van der Waals surface area contributed by atoms with Crippen LogP contribution < -0.4 is 25.4 Å². The van der Waals surface area contributed by atoms with Gasteiger partial charge in [0.2, 0.25) is 11.7 Å². The highest BCUT2D eigenvalue weighted by Gasteiger charge is 2.34. The van der Waals surface area contributed by atoms with Gasteiger partial charge in [0.15, 0.2) is 29.3 Å². The molecule has 55 heavy (non-hydrogen) atoms. The van der Waals surface area contributed by atoms with E-state index in [1.165, 1.54) is 0 Å². The second-order valence-electron chi connectivity index (χ2n) is 13.5. The fourth-order valence-electron chi connectivity index (χ4n) is 6.88. The predicted octanol–water partition coefficient (Wildman–Crippen LogP) is 4.39. The maximum absolute atomic E-state index is 14.5. The summed E-state index contributed by atoms with van der Waals surface area (Å²) >= 11 is 6.16. The standard InChI is InChI=1S/C36H38ClF3N10O5/c1-6-25-29(47-12-14-48(15-13-47)33(53)28-30(52)19(2)45(4)18-41-28)34(54)50-35(43-32(44-50)22-8-7-9-26-31(22)55-20(3)46(26)5)49(25)17-27(51)42-24-11-10-21(16-23(24)37)36(38,39)40/h7-11,16,20,52H,6,12-15,17-18H2,1-5H3,(H,42,51). The topological polar surface area (TPSA) is 153 Å². The van der Waals surface area contributed by atoms with E-state index in [0.717, 1.165) is 28.4 Å². The molecule has 0 aliphatic carbocycles. The second-order valence-corrected chi connectivity index (χ2v) is 13.9. The fourth-order valence-corrected chi connectivity index (χ4v) is 7.11. The minimum Gasteiger partial charge on any atom is -0.504 e. The third kappa shape index (κ3) is 6.68. The number of piperazine rings is 1. The van der Waals surface area contributed by atoms with E-state index in [2.05, 4.69) is 15.4 Å². The summed E-state index contributed by atoms with van der Waals surface area (Å²) in [5.41, 5.74) is 1.05. The van der Waals surface area contributed by atoms with Gasteiger partial charge in [0.25, 0.3) is 11.5 Å². The molecule has 4 aromatic rings. The van der Waals surface area contributed by atoms with Crippen molar-refractivity contribution in [2.45, 2.75) is 46.1 Å². The van der Waals surface area contributed by atoms with Crippen LogP contribution in [0.4, 0.5) is 30.2 Å². The number of aliphatic hydroxyl groups is 1. The van der Waals surface area contributed by atoms with Crippen molar-refractivity contribution in [1.29, 1.82) is 0 Å². The molecule has 0 spiro atoms. The van der Waals surface area contributed by atoms with Crippen molar-refractivity contribution in [1.82, 2.24) is 29.0 Å². The molecular weight excluding hydrogens is 745 g/mol. The van der Waals surface area contributed by atoms with Gasteiger partial charge >= 0.3 is 6.18 Å². The lowest BCUT2D eigenvalue weighted by atomic mass is 10.1. The van der Waals surface area contributed by atoms with Gasteiger partial charge in [-0.3, -0.25) is 19.4 Å². The molecule has 2 N–H and O–H groups in total. The van der Waals surface area contributed by atoms with Gasteiger partial charge in [-0.15, -0.1) is 5.10 Å². The fraction of sp³-hybridized carbons (Fsp3) is 0.389. The van der Waals surface area contributed by atoms with E-state index in [9.17, 15) is 32.7 Å². The summed E-state index contributed by atoms with van der Waals surface area (Å²) in [6.07, 6.45) is -4.63. The normalized spacial score (nSPS) is 17.5. The number of aliphatic imine (C=N–C) groups is 1. The van der Waals surface area contributed by atoms with Gasteiger partial charge in [0.05, 0.1) is 38.9 Å². The molecule has 1 fully saturated rings. The number of para-hydroxylation sites is 1. The van der Waals surface area contributed by atoms with Gasteiger partial charge in [-0.25, -0.2) is 0 Å². The van der Waals surface area contributed by atoms with Gasteiger partial charge in [-0.05, 0) is 50.6 Å². The summed E-state index contributed by atoms with van der Waals surface area (Å²) in [4.78, 5) is 57.7. The molecular formula is C36H38ClF3N10O5. The van der Waals surface area contributed by atoms with Crippen LogP contribution in [0.1, 0.15) is 32.0 Å². The maximum atomic E-state index is 14.5. The highest BCUT2D eigenvalue weighted by atomic mass is 35.5. The Kier molecular flexibility index (Phi) is 9.64. The molecule has 2 amide bonds. The van der Waals surface area contributed by atoms with E-state index in [4.69, 9.17) is 21.3 Å². The molecule has 0 radical (unpaired) electrons. The number of aromatic nitrogens is 4. The number of anilines is 3. The molecule has 2 aromatic carbocycles. The maximum Gasteiger partial charge on any atom is 0.416 e. The molecule has 19 heteroatoms. The number of hydrogen-bond donors (Lipinski definition) is 2. The summed E-state index contributed by atoms with van der Waals surface area (Å²) in [7, 11) is 3.65. The van der Waals surface area contributed by atoms with Crippen molar-refractivity contribution >= 4 is 52.0 Å². The van der Waals surface area contributed by atoms with E-state index in [1.54, 1.807) is 34.4 Å². The molecule has 1 saturated heterocycles. The zero-order chi connectivity index (χ0) is 39.5. The van der Waals surface area contributed by atoms with Crippen LogP contribution in [0.25, 0.3) is 17.2 Å². The third-order valence-corrected chi connectivity index (χ3v) is 10.5. The number of hydrogen-bond acceptors (Lipinski definition) is 11. The number of aliphatic hydroxyl groups excluding tert-OH is 1. The van der Waals surface area contributed by atoms with E-state index >= 15 is 0 Å². The Morgan fingerprint density at radius 1 is 1.11 bits per heavy atom. The Morgan fingerprint density at radius 2 is 1.84 bits per heavy atom. The lowest BCUT2D eigenvalue weighted by Crippen LogP contribution is -2.53. The first-order valence-electron chi connectivity index (χ1n) is 17.5. The molecule has 3 aliphatic rings. The largest absolute Gasteiger partial charge is 0.504 e. The molecule has 0 saturated carbocycles. The average molecular weight is 783 g/mol. The first-order chi connectivity index (χ1) is 26.1. The first-order valence-corrected chi connectivity index (χ1v) is 17.9. The summed E-state index contributed by atoms with van der Waals surface area (Å²) in [6.45, 7) is 6.10. The van der Waals surface area contributed by atoms with Crippen LogP contribution in [-0.4, -0.2) is 105 Å². The molecule has 5 heterocycles. The van der Waals surface area contributed by atoms with Crippen LogP contribution in [0.2, 0.25) is 5.02 Å². The van der Waals surface area contributed by atoms with Crippen molar-refractivity contribution in [3.05, 3.63) is 74.5 Å². The van der Waals surface area contributed by atoms with E-state index in [1.807, 2.05) is 42.8 Å². The predicted molar refractivity (Wildman–Crippen MR) is 200 cm³/mol. The average Bonchev–Trinajstić information content (AvgIpc) is 3.73. The Bertz CT molecular complexity index is 2350. The Hall–Kier alpha value is -5.78. The number of benzene rings is 2. The van der Waals surface area contributed by atoms with Crippen molar-refractivity contribution in [2.75, 3.05) is 62.1 Å². The monoisotopic (exact) mass is 782 g/mol. The number of carbonyl (C=O) groups excluding carboxylic acids is 2. The van der Waals surface area contributed by atoms with Crippen LogP contribution in [0, 0.1) is 0 Å². The Labute approximate surface area is 317 Å². The van der Waals surface area contributed by atoms with Gasteiger partial charge in [0.1, 0.15) is 18.9 Å². The number of alkyl halides is 3. The molecule has 7 rings (SSSR count). The minimum atomic E-state index is -4.62. The van der Waals surface area contributed by atoms with Crippen molar-refractivity contribution in [3.63, 3.8) is 0 Å². The molecule has 2 aromatic heterocycles. The van der Waals surface area contributed by atoms with E-state index in [-0.39, 0.29) is 85.0 Å². The zero-order valence-electron chi connectivity index (χ0n) is 30.6. The molecule has 1 unspecified atom stereocenters. The number of amides is 2. The number of allylic oxidation sites excluding steroid dienone is 1. The minimum absolute atomic E-state index is 0.0201. The number of nitrogens with zero attached hydrogens (tertiary/aromatic N) is 9. The summed E-state index contributed by atoms with van der Waals surface area (Å²) in [6, 6.07) is 8.12. The Morgan fingerprint density at radius 3 is 2.51 bits per heavy atom. The number of ether oxygens (including phenoxy) is 1. The summed E-state index contributed by atoms with van der Waals surface area (Å²) < 4.78 is 48.7. The first kappa shape index (κ1) is 37.5. The lowest BCUT2D eigenvalue weighted by molar-refractivity contribution is -0.137. The van der Waals surface area contributed by atoms with Crippen molar-refractivity contribution < 1.29 is 32.6 Å². The lowest BCUT2D eigenvalue weighted by Gasteiger charge is -2.37. The van der Waals surface area contributed by atoms with Gasteiger partial charge in [-0.1, -0.05) is 24.6 Å². The van der Waals surface area contributed by atoms with Gasteiger partial charge < -0.3 is 39.3 Å². The van der Waals surface area contributed by atoms with Gasteiger partial charge in [-0.2, -0.15) is 22.7 Å². The quantitative estimate of drug-likeness (QED) is 0.276. The third-order valence-electron chi connectivity index (χ3n) is 10.1. The summed E-state index contributed by atoms with van der Waals surface area (Å²) in [5.74, 6) is -0.495. The van der Waals surface area contributed by atoms with Crippen LogP contribution >= 0.6 is 11.6 Å². The molecule has 290 valence electrons. The van der Waals surface area contributed by atoms with Crippen LogP contribution in [0.15, 0.2) is 57.6 Å². The zero-order valence-corrected chi connectivity index (χ0v) is 31.4.